The first-order chi connectivity index (χ1) is 17.1. The van der Waals surface area contributed by atoms with E-state index in [0.717, 1.165) is 11.1 Å². The van der Waals surface area contributed by atoms with E-state index in [1.807, 2.05) is 39.1 Å². The van der Waals surface area contributed by atoms with Crippen LogP contribution in [0, 0.1) is 6.92 Å². The van der Waals surface area contributed by atoms with Gasteiger partial charge >= 0.3 is 0 Å². The number of fused-ring (bicyclic) bond motifs is 1. The predicted octanol–water partition coefficient (Wildman–Crippen LogP) is 3.65. The molecule has 1 N–H and O–H groups in total. The second-order valence-corrected chi connectivity index (χ2v) is 11.0. The Bertz CT molecular complexity index is 1370. The molecule has 10 heteroatoms. The number of pyridine rings is 1. The number of benzene rings is 1. The van der Waals surface area contributed by atoms with E-state index < -0.39 is 10.0 Å². The zero-order chi connectivity index (χ0) is 26.0. The molecule has 1 saturated heterocycles. The summed E-state index contributed by atoms with van der Waals surface area (Å²) in [4.78, 5) is 26.4. The Morgan fingerprint density at radius 3 is 2.31 bits per heavy atom. The fourth-order valence-corrected chi connectivity index (χ4v) is 6.33. The fourth-order valence-electron chi connectivity index (χ4n) is 4.86. The summed E-state index contributed by atoms with van der Waals surface area (Å²) in [5, 5.41) is 7.18. The summed E-state index contributed by atoms with van der Waals surface area (Å²) in [6.07, 6.45) is 3.26. The molecule has 0 bridgehead atoms. The van der Waals surface area contributed by atoms with E-state index in [1.54, 1.807) is 21.5 Å². The van der Waals surface area contributed by atoms with Gasteiger partial charge in [0.2, 0.25) is 15.9 Å². The van der Waals surface area contributed by atoms with E-state index in [4.69, 9.17) is 0 Å². The highest BCUT2D eigenvalue weighted by atomic mass is 32.2. The minimum Gasteiger partial charge on any atom is -0.339 e. The van der Waals surface area contributed by atoms with Gasteiger partial charge in [-0.1, -0.05) is 0 Å². The Hall–Kier alpha value is -3.24. The molecule has 1 fully saturated rings. The van der Waals surface area contributed by atoms with Crippen LogP contribution in [0.25, 0.3) is 5.52 Å². The summed E-state index contributed by atoms with van der Waals surface area (Å²) >= 11 is 0. The zero-order valence-corrected chi connectivity index (χ0v) is 22.0. The van der Waals surface area contributed by atoms with Crippen LogP contribution in [-0.2, 0) is 14.8 Å². The number of hydrogen-bond acceptors (Lipinski definition) is 5. The van der Waals surface area contributed by atoms with Gasteiger partial charge in [0.1, 0.15) is 0 Å². The van der Waals surface area contributed by atoms with Crippen LogP contribution in [-0.4, -0.2) is 65.2 Å². The number of carbonyl (C=O) groups is 2. The summed E-state index contributed by atoms with van der Waals surface area (Å²) in [6.45, 7) is 9.29. The third-order valence-corrected chi connectivity index (χ3v) is 8.75. The van der Waals surface area contributed by atoms with Crippen LogP contribution in [0.15, 0.2) is 47.5 Å². The standard InChI is InChI=1S/C26H33N5O4S/c1-5-29(6-2)26(33)25-18(3)28-31-16-13-21(17-24(25)31)20-11-14-30(15-12-20)36(34,35)23-9-7-22(8-10-23)27-19(4)32/h7-10,13,16-17,20H,5-6,11-12,14-15H2,1-4H3,(H,27,32). The number of sulfonamides is 1. The first-order valence-corrected chi connectivity index (χ1v) is 13.8. The third kappa shape index (κ3) is 5.01. The number of nitrogens with one attached hydrogen (secondary N) is 1. The van der Waals surface area contributed by atoms with Crippen molar-refractivity contribution >= 4 is 33.0 Å². The maximum atomic E-state index is 13.2. The van der Waals surface area contributed by atoms with Crippen LogP contribution in [0.5, 0.6) is 0 Å². The summed E-state index contributed by atoms with van der Waals surface area (Å²) in [6, 6.07) is 10.3. The van der Waals surface area contributed by atoms with E-state index in [2.05, 4.69) is 10.4 Å². The van der Waals surface area contributed by atoms with Crippen molar-refractivity contribution in [3.63, 3.8) is 0 Å². The normalized spacial score (nSPS) is 15.2. The molecule has 0 atom stereocenters. The molecule has 0 spiro atoms. The Morgan fingerprint density at radius 2 is 1.72 bits per heavy atom. The minimum atomic E-state index is -3.62. The summed E-state index contributed by atoms with van der Waals surface area (Å²) < 4.78 is 29.6. The molecule has 2 amide bonds. The number of aryl methyl sites for hydroxylation is 1. The Morgan fingerprint density at radius 1 is 1.08 bits per heavy atom. The number of rotatable bonds is 7. The lowest BCUT2D eigenvalue weighted by molar-refractivity contribution is -0.114. The lowest BCUT2D eigenvalue weighted by atomic mass is 9.90. The number of hydrogen-bond donors (Lipinski definition) is 1. The monoisotopic (exact) mass is 511 g/mol. The van der Waals surface area contributed by atoms with E-state index in [-0.39, 0.29) is 22.6 Å². The zero-order valence-electron chi connectivity index (χ0n) is 21.2. The molecule has 3 aromatic rings. The van der Waals surface area contributed by atoms with Crippen LogP contribution in [0.4, 0.5) is 5.69 Å². The molecule has 0 radical (unpaired) electrons. The highest BCUT2D eigenvalue weighted by molar-refractivity contribution is 7.89. The molecular weight excluding hydrogens is 478 g/mol. The molecule has 2 aromatic heterocycles. The quantitative estimate of drug-likeness (QED) is 0.521. The SMILES string of the molecule is CCN(CC)C(=O)c1c(C)nn2ccc(C3CCN(S(=O)(=O)c4ccc(NC(C)=O)cc4)CC3)cc12. The molecule has 36 heavy (non-hydrogen) atoms. The molecule has 1 aromatic carbocycles. The number of carbonyl (C=O) groups excluding carboxylic acids is 2. The van der Waals surface area contributed by atoms with Crippen LogP contribution >= 0.6 is 0 Å². The van der Waals surface area contributed by atoms with Crippen LogP contribution in [0.3, 0.4) is 0 Å². The number of anilines is 1. The second-order valence-electron chi connectivity index (χ2n) is 9.11. The lowest BCUT2D eigenvalue weighted by Gasteiger charge is -2.31. The molecule has 0 saturated carbocycles. The summed E-state index contributed by atoms with van der Waals surface area (Å²) in [7, 11) is -3.62. The van der Waals surface area contributed by atoms with E-state index >= 15 is 0 Å². The maximum absolute atomic E-state index is 13.2. The van der Waals surface area contributed by atoms with Crippen molar-refractivity contribution in [1.82, 2.24) is 18.8 Å². The first-order valence-electron chi connectivity index (χ1n) is 12.3. The van der Waals surface area contributed by atoms with Crippen molar-refractivity contribution in [1.29, 1.82) is 0 Å². The predicted molar refractivity (Wildman–Crippen MR) is 139 cm³/mol. The summed E-state index contributed by atoms with van der Waals surface area (Å²) in [5.41, 5.74) is 3.77. The van der Waals surface area contributed by atoms with Gasteiger partial charge in [-0.3, -0.25) is 9.59 Å². The molecule has 4 rings (SSSR count). The Balaban J connectivity index is 1.51. The van der Waals surface area contributed by atoms with Gasteiger partial charge < -0.3 is 10.2 Å². The molecule has 3 heterocycles. The van der Waals surface area contributed by atoms with Gasteiger partial charge in [-0.2, -0.15) is 9.40 Å². The molecular formula is C26H33N5O4S. The van der Waals surface area contributed by atoms with Gasteiger partial charge in [0.25, 0.3) is 5.91 Å². The number of piperidine rings is 1. The molecule has 1 aliphatic heterocycles. The highest BCUT2D eigenvalue weighted by Gasteiger charge is 2.30. The number of aromatic nitrogens is 2. The van der Waals surface area contributed by atoms with Crippen LogP contribution in [0.1, 0.15) is 61.1 Å². The molecule has 9 nitrogen and oxygen atoms in total. The molecule has 0 unspecified atom stereocenters. The van der Waals surface area contributed by atoms with E-state index in [1.165, 1.54) is 23.4 Å². The Labute approximate surface area is 212 Å². The highest BCUT2D eigenvalue weighted by Crippen LogP contribution is 2.32. The van der Waals surface area contributed by atoms with Crippen molar-refractivity contribution in [2.75, 3.05) is 31.5 Å². The largest absolute Gasteiger partial charge is 0.339 e. The molecule has 192 valence electrons. The van der Waals surface area contributed by atoms with Gasteiger partial charge in [0, 0.05) is 45.0 Å². The minimum absolute atomic E-state index is 0.0184. The second kappa shape index (κ2) is 10.4. The molecule has 0 aliphatic carbocycles. The number of amides is 2. The van der Waals surface area contributed by atoms with Gasteiger partial charge in [-0.25, -0.2) is 12.9 Å². The topological polar surface area (TPSA) is 104 Å². The van der Waals surface area contributed by atoms with Gasteiger partial charge in [0.15, 0.2) is 0 Å². The van der Waals surface area contributed by atoms with Crippen LogP contribution in [0.2, 0.25) is 0 Å². The van der Waals surface area contributed by atoms with E-state index in [9.17, 15) is 18.0 Å². The number of nitrogens with zero attached hydrogens (tertiary/aromatic N) is 4. The first kappa shape index (κ1) is 25.8. The third-order valence-electron chi connectivity index (χ3n) is 6.84. The lowest BCUT2D eigenvalue weighted by Crippen LogP contribution is -2.37. The van der Waals surface area contributed by atoms with Crippen LogP contribution < -0.4 is 5.32 Å². The van der Waals surface area contributed by atoms with E-state index in [0.29, 0.717) is 56.0 Å². The average Bonchev–Trinajstić information content (AvgIpc) is 3.19. The van der Waals surface area contributed by atoms with Crippen molar-refractivity contribution in [2.45, 2.75) is 51.3 Å². The Kier molecular flexibility index (Phi) is 7.46. The maximum Gasteiger partial charge on any atom is 0.257 e. The van der Waals surface area contributed by atoms with Crippen molar-refractivity contribution in [3.8, 4) is 0 Å². The van der Waals surface area contributed by atoms with Gasteiger partial charge in [-0.05, 0) is 81.5 Å². The van der Waals surface area contributed by atoms with Crippen molar-refractivity contribution in [2.24, 2.45) is 0 Å². The molecule has 1 aliphatic rings. The van der Waals surface area contributed by atoms with Gasteiger partial charge in [0.05, 0.1) is 21.7 Å². The fraction of sp³-hybridized carbons (Fsp3) is 0.423. The van der Waals surface area contributed by atoms with Crippen molar-refractivity contribution in [3.05, 3.63) is 59.4 Å². The summed E-state index contributed by atoms with van der Waals surface area (Å²) in [5.74, 6) is -0.0354. The smallest absolute Gasteiger partial charge is 0.257 e. The van der Waals surface area contributed by atoms with Crippen molar-refractivity contribution < 1.29 is 18.0 Å². The van der Waals surface area contributed by atoms with Gasteiger partial charge in [-0.15, -0.1) is 0 Å². The average molecular weight is 512 g/mol.